The molecule has 0 aliphatic carbocycles. The van der Waals surface area contributed by atoms with E-state index in [1.54, 1.807) is 29.9 Å². The van der Waals surface area contributed by atoms with Gasteiger partial charge in [-0.2, -0.15) is 0 Å². The number of nitrogens with zero attached hydrogens (tertiary/aromatic N) is 1. The van der Waals surface area contributed by atoms with Gasteiger partial charge in [0, 0.05) is 17.3 Å². The summed E-state index contributed by atoms with van der Waals surface area (Å²) in [5.74, 6) is -0.446. The number of aryl methyl sites for hydroxylation is 2. The molecule has 90 valence electrons. The van der Waals surface area contributed by atoms with Crippen molar-refractivity contribution in [1.82, 2.24) is 4.57 Å². The first-order chi connectivity index (χ1) is 8.10. The molecule has 0 atom stereocenters. The Labute approximate surface area is 103 Å². The topological polar surface area (TPSA) is 48.3 Å². The third kappa shape index (κ3) is 1.76. The molecule has 0 aromatic carbocycles. The molecule has 2 heterocycles. The largest absolute Gasteiger partial charge is 0.461 e. The minimum Gasteiger partial charge on any atom is -0.461 e. The van der Waals surface area contributed by atoms with Crippen molar-refractivity contribution in [3.05, 3.63) is 22.2 Å². The molecule has 0 saturated heterocycles. The van der Waals surface area contributed by atoms with E-state index in [-0.39, 0.29) is 0 Å². The monoisotopic (exact) mass is 251 g/mol. The molecule has 0 aliphatic rings. The van der Waals surface area contributed by atoms with Gasteiger partial charge in [0.15, 0.2) is 6.29 Å². The smallest absolute Gasteiger partial charge is 0.355 e. The summed E-state index contributed by atoms with van der Waals surface area (Å²) in [4.78, 5) is 25.0. The molecule has 0 radical (unpaired) electrons. The van der Waals surface area contributed by atoms with Crippen LogP contribution in [-0.2, 0) is 11.8 Å². The number of aromatic nitrogens is 1. The molecule has 0 fully saturated rings. The first kappa shape index (κ1) is 11.9. The second-order valence-corrected chi connectivity index (χ2v) is 4.97. The number of carbonyl (C=O) groups is 2. The van der Waals surface area contributed by atoms with Crippen molar-refractivity contribution in [3.63, 3.8) is 0 Å². The van der Waals surface area contributed by atoms with Gasteiger partial charge in [-0.3, -0.25) is 4.79 Å². The zero-order chi connectivity index (χ0) is 12.6. The maximum absolute atomic E-state index is 11.8. The van der Waals surface area contributed by atoms with Crippen LogP contribution < -0.4 is 0 Å². The van der Waals surface area contributed by atoms with Crippen LogP contribution in [-0.4, -0.2) is 23.4 Å². The van der Waals surface area contributed by atoms with E-state index >= 15 is 0 Å². The Morgan fingerprint density at radius 1 is 1.59 bits per heavy atom. The van der Waals surface area contributed by atoms with Gasteiger partial charge in [0.1, 0.15) is 10.5 Å². The zero-order valence-electron chi connectivity index (χ0n) is 9.94. The van der Waals surface area contributed by atoms with Gasteiger partial charge >= 0.3 is 5.97 Å². The van der Waals surface area contributed by atoms with Crippen molar-refractivity contribution in [2.24, 2.45) is 7.05 Å². The number of rotatable bonds is 3. The van der Waals surface area contributed by atoms with Crippen molar-refractivity contribution in [2.45, 2.75) is 13.8 Å². The van der Waals surface area contributed by atoms with E-state index in [0.717, 1.165) is 21.4 Å². The lowest BCUT2D eigenvalue weighted by Gasteiger charge is -2.04. The average molecular weight is 251 g/mol. The Morgan fingerprint density at radius 2 is 2.29 bits per heavy atom. The van der Waals surface area contributed by atoms with Gasteiger partial charge in [0.25, 0.3) is 0 Å². The molecule has 5 heteroatoms. The number of carbonyl (C=O) groups excluding carboxylic acids is 2. The van der Waals surface area contributed by atoms with E-state index in [4.69, 9.17) is 4.74 Å². The quantitative estimate of drug-likeness (QED) is 0.622. The molecular formula is C12H13NO3S. The highest BCUT2D eigenvalue weighted by Gasteiger charge is 2.22. The van der Waals surface area contributed by atoms with E-state index in [1.165, 1.54) is 0 Å². The van der Waals surface area contributed by atoms with Gasteiger partial charge in [-0.1, -0.05) is 0 Å². The van der Waals surface area contributed by atoms with Crippen molar-refractivity contribution >= 4 is 33.8 Å². The number of hydrogen-bond donors (Lipinski definition) is 0. The van der Waals surface area contributed by atoms with Crippen LogP contribution in [0.2, 0.25) is 0 Å². The Balaban J connectivity index is 2.70. The number of ether oxygens (including phenoxy) is 1. The van der Waals surface area contributed by atoms with E-state index < -0.39 is 5.97 Å². The molecule has 2 rings (SSSR count). The summed E-state index contributed by atoms with van der Waals surface area (Å²) >= 11 is 1.56. The van der Waals surface area contributed by atoms with Crippen LogP contribution in [0.15, 0.2) is 6.07 Å². The van der Waals surface area contributed by atoms with E-state index in [2.05, 4.69) is 0 Å². The molecule has 0 aliphatic heterocycles. The van der Waals surface area contributed by atoms with E-state index in [1.807, 2.05) is 13.0 Å². The molecule has 2 aromatic heterocycles. The minimum atomic E-state index is -0.446. The first-order valence-corrected chi connectivity index (χ1v) is 6.12. The summed E-state index contributed by atoms with van der Waals surface area (Å²) in [5.41, 5.74) is 0.758. The molecule has 0 N–H and O–H groups in total. The van der Waals surface area contributed by atoms with Gasteiger partial charge < -0.3 is 9.30 Å². The summed E-state index contributed by atoms with van der Waals surface area (Å²) in [7, 11) is 1.78. The summed E-state index contributed by atoms with van der Waals surface area (Å²) < 4.78 is 6.70. The molecule has 0 bridgehead atoms. The minimum absolute atomic E-state index is 0.301. The molecule has 4 nitrogen and oxygen atoms in total. The van der Waals surface area contributed by atoms with Crippen molar-refractivity contribution in [1.29, 1.82) is 0 Å². The fourth-order valence-corrected chi connectivity index (χ4v) is 2.91. The second kappa shape index (κ2) is 4.33. The van der Waals surface area contributed by atoms with Crippen LogP contribution in [0.3, 0.4) is 0 Å². The lowest BCUT2D eigenvalue weighted by atomic mass is 10.2. The number of esters is 1. The molecule has 0 spiro atoms. The standard InChI is InChI=1S/C12H13NO3S/c1-4-16-12(15)10-9(6-14)8-5-7(2)17-11(8)13(10)3/h5-6H,4H2,1-3H3. The molecule has 17 heavy (non-hydrogen) atoms. The predicted octanol–water partition coefficient (Wildman–Crippen LogP) is 2.54. The SMILES string of the molecule is CCOC(=O)c1c(C=O)c2cc(C)sc2n1C. The van der Waals surface area contributed by atoms with Gasteiger partial charge in [0.2, 0.25) is 0 Å². The Bertz CT molecular complexity index is 594. The lowest BCUT2D eigenvalue weighted by Crippen LogP contribution is -2.11. The summed E-state index contributed by atoms with van der Waals surface area (Å²) in [6.45, 7) is 4.02. The summed E-state index contributed by atoms with van der Waals surface area (Å²) in [6, 6.07) is 1.92. The number of thiophene rings is 1. The van der Waals surface area contributed by atoms with Gasteiger partial charge in [0.05, 0.1) is 12.2 Å². The van der Waals surface area contributed by atoms with Crippen molar-refractivity contribution in [3.8, 4) is 0 Å². The van der Waals surface area contributed by atoms with Gasteiger partial charge in [-0.25, -0.2) is 4.79 Å². The van der Waals surface area contributed by atoms with Crippen LogP contribution in [0.25, 0.3) is 10.2 Å². The molecule has 0 saturated carbocycles. The molecule has 0 amide bonds. The third-order valence-electron chi connectivity index (χ3n) is 2.61. The Hall–Kier alpha value is -1.62. The van der Waals surface area contributed by atoms with Crippen molar-refractivity contribution in [2.75, 3.05) is 6.61 Å². The fourth-order valence-electron chi connectivity index (χ4n) is 1.92. The zero-order valence-corrected chi connectivity index (χ0v) is 10.8. The lowest BCUT2D eigenvalue weighted by molar-refractivity contribution is 0.0513. The second-order valence-electron chi connectivity index (χ2n) is 3.74. The molecular weight excluding hydrogens is 238 g/mol. The highest BCUT2D eigenvalue weighted by Crippen LogP contribution is 2.31. The normalized spacial score (nSPS) is 10.8. The maximum Gasteiger partial charge on any atom is 0.355 e. The summed E-state index contributed by atoms with van der Waals surface area (Å²) in [6.07, 6.45) is 0.723. The predicted molar refractivity (Wildman–Crippen MR) is 66.9 cm³/mol. The van der Waals surface area contributed by atoms with Crippen LogP contribution in [0, 0.1) is 6.92 Å². The number of aldehydes is 1. The van der Waals surface area contributed by atoms with Crippen LogP contribution >= 0.6 is 11.3 Å². The van der Waals surface area contributed by atoms with Gasteiger partial charge in [-0.05, 0) is 19.9 Å². The number of fused-ring (bicyclic) bond motifs is 1. The average Bonchev–Trinajstić information content (AvgIpc) is 2.76. The Morgan fingerprint density at radius 3 is 2.88 bits per heavy atom. The third-order valence-corrected chi connectivity index (χ3v) is 3.73. The van der Waals surface area contributed by atoms with E-state index in [9.17, 15) is 9.59 Å². The maximum atomic E-state index is 11.8. The van der Waals surface area contributed by atoms with Gasteiger partial charge in [-0.15, -0.1) is 11.3 Å². The van der Waals surface area contributed by atoms with Crippen molar-refractivity contribution < 1.29 is 14.3 Å². The van der Waals surface area contributed by atoms with E-state index in [0.29, 0.717) is 17.9 Å². The highest BCUT2D eigenvalue weighted by molar-refractivity contribution is 7.18. The molecule has 2 aromatic rings. The van der Waals surface area contributed by atoms with Crippen LogP contribution in [0.4, 0.5) is 0 Å². The fraction of sp³-hybridized carbons (Fsp3) is 0.333. The number of hydrogen-bond acceptors (Lipinski definition) is 4. The summed E-state index contributed by atoms with van der Waals surface area (Å²) in [5, 5.41) is 0.827. The molecule has 0 unspecified atom stereocenters. The van der Waals surface area contributed by atoms with Crippen LogP contribution in [0.5, 0.6) is 0 Å². The highest BCUT2D eigenvalue weighted by atomic mass is 32.1. The van der Waals surface area contributed by atoms with Crippen LogP contribution in [0.1, 0.15) is 32.6 Å². The Kier molecular flexibility index (Phi) is 3.02. The first-order valence-electron chi connectivity index (χ1n) is 5.31.